The quantitative estimate of drug-likeness (QED) is 0.621. The number of halogens is 3. The molecule has 0 aromatic heterocycles. The van der Waals surface area contributed by atoms with Crippen LogP contribution in [0.4, 0.5) is 18.9 Å². The fraction of sp³-hybridized carbons (Fsp3) is 0.524. The highest BCUT2D eigenvalue weighted by molar-refractivity contribution is 6.03. The Balaban J connectivity index is 2.04. The van der Waals surface area contributed by atoms with Crippen LogP contribution in [0.15, 0.2) is 29.5 Å². The van der Waals surface area contributed by atoms with Crippen molar-refractivity contribution in [1.29, 1.82) is 0 Å². The summed E-state index contributed by atoms with van der Waals surface area (Å²) in [6.07, 6.45) is -4.59. The first-order valence-electron chi connectivity index (χ1n) is 10.0. The fourth-order valence-corrected chi connectivity index (χ4v) is 3.70. The van der Waals surface area contributed by atoms with Crippen LogP contribution in [-0.2, 0) is 36.5 Å². The van der Waals surface area contributed by atoms with Gasteiger partial charge in [-0.25, -0.2) is 9.59 Å². The molecule has 0 aliphatic carbocycles. The molecular weight excluding hydrogens is 431 g/mol. The monoisotopic (exact) mass is 457 g/mol. The van der Waals surface area contributed by atoms with Crippen molar-refractivity contribution in [2.45, 2.75) is 12.7 Å². The molecule has 1 aromatic rings. The number of hydrogen-bond acceptors (Lipinski definition) is 8. The van der Waals surface area contributed by atoms with Gasteiger partial charge in [-0.2, -0.15) is 13.2 Å². The summed E-state index contributed by atoms with van der Waals surface area (Å²) in [5.74, 6) is -1.69. The number of likely N-dealkylation sites (N-methyl/N-ethyl adjacent to an activating group) is 1. The van der Waals surface area contributed by atoms with Crippen molar-refractivity contribution in [2.24, 2.45) is 0 Å². The molecule has 32 heavy (non-hydrogen) atoms. The average Bonchev–Trinajstić information content (AvgIpc) is 2.78. The van der Waals surface area contributed by atoms with Gasteiger partial charge in [0.2, 0.25) is 0 Å². The van der Waals surface area contributed by atoms with E-state index < -0.39 is 23.7 Å². The summed E-state index contributed by atoms with van der Waals surface area (Å²) >= 11 is 0. The largest absolute Gasteiger partial charge is 0.466 e. The molecule has 0 bridgehead atoms. The van der Waals surface area contributed by atoms with Crippen LogP contribution >= 0.6 is 0 Å². The van der Waals surface area contributed by atoms with Gasteiger partial charge in [-0.3, -0.25) is 4.90 Å². The summed E-state index contributed by atoms with van der Waals surface area (Å²) in [5.41, 5.74) is -0.660. The predicted molar refractivity (Wildman–Crippen MR) is 109 cm³/mol. The standard InChI is InChI=1S/C21H26F3N3O5/c1-25-4-6-26(7-5-25)11-14-8-15(21(22,23)24)10-16(9-14)27-13-32-12-17(19(28)30-2)18(27)20(29)31-3/h8-10H,4-7,11-13H2,1-3H3. The van der Waals surface area contributed by atoms with Crippen molar-refractivity contribution in [1.82, 2.24) is 9.80 Å². The summed E-state index contributed by atoms with van der Waals surface area (Å²) in [4.78, 5) is 30.1. The molecule has 0 N–H and O–H groups in total. The summed E-state index contributed by atoms with van der Waals surface area (Å²) in [7, 11) is 4.26. The lowest BCUT2D eigenvalue weighted by atomic mass is 10.1. The van der Waals surface area contributed by atoms with Gasteiger partial charge in [0.05, 0.1) is 32.0 Å². The maximum absolute atomic E-state index is 13.7. The van der Waals surface area contributed by atoms with E-state index in [-0.39, 0.29) is 30.3 Å². The fourth-order valence-electron chi connectivity index (χ4n) is 3.70. The molecule has 1 fully saturated rings. The molecule has 0 spiro atoms. The van der Waals surface area contributed by atoms with E-state index in [1.807, 2.05) is 7.05 Å². The number of carbonyl (C=O) groups excluding carboxylic acids is 2. The maximum atomic E-state index is 13.7. The molecule has 0 amide bonds. The minimum Gasteiger partial charge on any atom is -0.466 e. The van der Waals surface area contributed by atoms with Crippen molar-refractivity contribution in [3.05, 3.63) is 40.6 Å². The summed E-state index contributed by atoms with van der Waals surface area (Å²) in [6.45, 7) is 2.98. The minimum atomic E-state index is -4.59. The van der Waals surface area contributed by atoms with E-state index in [9.17, 15) is 22.8 Å². The molecule has 0 saturated carbocycles. The van der Waals surface area contributed by atoms with Crippen LogP contribution in [-0.4, -0.2) is 82.5 Å². The number of nitrogens with zero attached hydrogens (tertiary/aromatic N) is 3. The second kappa shape index (κ2) is 9.88. The van der Waals surface area contributed by atoms with Gasteiger partial charge in [0, 0.05) is 38.4 Å². The van der Waals surface area contributed by atoms with Crippen molar-refractivity contribution in [3.8, 4) is 0 Å². The molecule has 1 aromatic carbocycles. The maximum Gasteiger partial charge on any atom is 0.416 e. The zero-order valence-electron chi connectivity index (χ0n) is 18.2. The number of rotatable bonds is 5. The van der Waals surface area contributed by atoms with Gasteiger partial charge in [0.15, 0.2) is 0 Å². The van der Waals surface area contributed by atoms with Crippen LogP contribution in [0.3, 0.4) is 0 Å². The third-order valence-electron chi connectivity index (χ3n) is 5.45. The molecule has 0 atom stereocenters. The molecule has 2 aliphatic heterocycles. The van der Waals surface area contributed by atoms with Gasteiger partial charge in [-0.1, -0.05) is 0 Å². The number of piperazine rings is 1. The molecule has 0 radical (unpaired) electrons. The van der Waals surface area contributed by atoms with E-state index in [0.29, 0.717) is 12.1 Å². The zero-order chi connectivity index (χ0) is 23.5. The molecule has 0 unspecified atom stereocenters. The Bertz CT molecular complexity index is 895. The third kappa shape index (κ3) is 5.40. The van der Waals surface area contributed by atoms with Gasteiger partial charge >= 0.3 is 18.1 Å². The minimum absolute atomic E-state index is 0.0745. The second-order valence-electron chi connectivity index (χ2n) is 7.68. The van der Waals surface area contributed by atoms with Gasteiger partial charge in [0.1, 0.15) is 12.4 Å². The first-order chi connectivity index (χ1) is 15.1. The Kier molecular flexibility index (Phi) is 7.42. The molecule has 8 nitrogen and oxygen atoms in total. The molecular formula is C21H26F3N3O5. The highest BCUT2D eigenvalue weighted by atomic mass is 19.4. The Morgan fingerprint density at radius 1 is 1.03 bits per heavy atom. The van der Waals surface area contributed by atoms with Gasteiger partial charge in [-0.15, -0.1) is 0 Å². The normalized spacial score (nSPS) is 18.6. The van der Waals surface area contributed by atoms with Crippen LogP contribution in [0.2, 0.25) is 0 Å². The van der Waals surface area contributed by atoms with E-state index in [1.165, 1.54) is 4.90 Å². The van der Waals surface area contributed by atoms with Crippen LogP contribution in [0.25, 0.3) is 0 Å². The van der Waals surface area contributed by atoms with E-state index in [4.69, 9.17) is 14.2 Å². The number of methoxy groups -OCH3 is 2. The smallest absolute Gasteiger partial charge is 0.416 e. The number of hydrogen-bond donors (Lipinski definition) is 0. The van der Waals surface area contributed by atoms with Crippen LogP contribution < -0.4 is 4.90 Å². The highest BCUT2D eigenvalue weighted by Crippen LogP contribution is 2.35. The van der Waals surface area contributed by atoms with Crippen LogP contribution in [0.1, 0.15) is 11.1 Å². The number of alkyl halides is 3. The van der Waals surface area contributed by atoms with Crippen molar-refractivity contribution < 1.29 is 37.0 Å². The van der Waals surface area contributed by atoms with Gasteiger partial charge in [0.25, 0.3) is 0 Å². The summed E-state index contributed by atoms with van der Waals surface area (Å²) < 4.78 is 55.9. The SMILES string of the molecule is COC(=O)C1=C(C(=O)OC)N(c2cc(CN3CCN(C)CC3)cc(C(F)(F)F)c2)COC1. The summed E-state index contributed by atoms with van der Waals surface area (Å²) in [6, 6.07) is 3.61. The molecule has 2 heterocycles. The van der Waals surface area contributed by atoms with Crippen LogP contribution in [0, 0.1) is 0 Å². The number of ether oxygens (including phenoxy) is 3. The zero-order valence-corrected chi connectivity index (χ0v) is 18.2. The number of benzene rings is 1. The lowest BCUT2D eigenvalue weighted by molar-refractivity contribution is -0.140. The molecule has 11 heteroatoms. The van der Waals surface area contributed by atoms with Crippen molar-refractivity contribution in [2.75, 3.05) is 65.7 Å². The first kappa shape index (κ1) is 24.0. The Hall–Kier alpha value is -2.63. The van der Waals surface area contributed by atoms with E-state index in [0.717, 1.165) is 52.5 Å². The van der Waals surface area contributed by atoms with Crippen molar-refractivity contribution >= 4 is 17.6 Å². The van der Waals surface area contributed by atoms with Crippen LogP contribution in [0.5, 0.6) is 0 Å². The number of esters is 2. The Morgan fingerprint density at radius 2 is 1.69 bits per heavy atom. The van der Waals surface area contributed by atoms with Gasteiger partial charge in [-0.05, 0) is 30.8 Å². The lowest BCUT2D eigenvalue weighted by Gasteiger charge is -2.34. The first-order valence-corrected chi connectivity index (χ1v) is 10.0. The molecule has 1 saturated heterocycles. The van der Waals surface area contributed by atoms with E-state index in [2.05, 4.69) is 9.80 Å². The Labute approximate surface area is 184 Å². The summed E-state index contributed by atoms with van der Waals surface area (Å²) in [5, 5.41) is 0. The average molecular weight is 457 g/mol. The topological polar surface area (TPSA) is 71.6 Å². The predicted octanol–water partition coefficient (Wildman–Crippen LogP) is 1.85. The van der Waals surface area contributed by atoms with Crippen molar-refractivity contribution in [3.63, 3.8) is 0 Å². The molecule has 176 valence electrons. The second-order valence-corrected chi connectivity index (χ2v) is 7.68. The van der Waals surface area contributed by atoms with Gasteiger partial charge < -0.3 is 24.0 Å². The molecule has 2 aliphatic rings. The van der Waals surface area contributed by atoms with E-state index in [1.54, 1.807) is 6.07 Å². The lowest BCUT2D eigenvalue weighted by Crippen LogP contribution is -2.44. The Morgan fingerprint density at radius 3 is 2.28 bits per heavy atom. The third-order valence-corrected chi connectivity index (χ3v) is 5.45. The highest BCUT2D eigenvalue weighted by Gasteiger charge is 2.36. The number of carbonyl (C=O) groups is 2. The number of anilines is 1. The molecule has 3 rings (SSSR count). The van der Waals surface area contributed by atoms with E-state index >= 15 is 0 Å².